The molecular weight excluding hydrogens is 320 g/mol. The van der Waals surface area contributed by atoms with E-state index < -0.39 is 0 Å². The van der Waals surface area contributed by atoms with Crippen molar-refractivity contribution in [1.29, 1.82) is 0 Å². The van der Waals surface area contributed by atoms with E-state index in [1.165, 1.54) is 0 Å². The van der Waals surface area contributed by atoms with Crippen LogP contribution >= 0.6 is 15.9 Å². The molecule has 1 aromatic heterocycles. The molecule has 6 heteroatoms. The van der Waals surface area contributed by atoms with Gasteiger partial charge in [-0.3, -0.25) is 4.79 Å². The first-order valence-corrected chi connectivity index (χ1v) is 7.37. The predicted molar refractivity (Wildman–Crippen MR) is 80.9 cm³/mol. The number of nitrogens with one attached hydrogen (secondary N) is 2. The van der Waals surface area contributed by atoms with Crippen molar-refractivity contribution in [2.75, 3.05) is 11.9 Å². The summed E-state index contributed by atoms with van der Waals surface area (Å²) in [5.41, 5.74) is 2.73. The third-order valence-electron chi connectivity index (χ3n) is 3.30. The highest BCUT2D eigenvalue weighted by Gasteiger charge is 2.31. The Kier molecular flexibility index (Phi) is 3.58. The molecule has 0 bridgehead atoms. The summed E-state index contributed by atoms with van der Waals surface area (Å²) in [6.07, 6.45) is 4.59. The maximum Gasteiger partial charge on any atom is 0.246 e. The van der Waals surface area contributed by atoms with Crippen LogP contribution in [0.3, 0.4) is 0 Å². The highest BCUT2D eigenvalue weighted by molar-refractivity contribution is 9.10. The first-order chi connectivity index (χ1) is 9.70. The molecule has 5 nitrogen and oxygen atoms in total. The minimum atomic E-state index is -0.270. The molecular formula is C14H15BrN4O. The smallest absolute Gasteiger partial charge is 0.246 e. The molecule has 0 aliphatic carbocycles. The van der Waals surface area contributed by atoms with Crippen LogP contribution in [0.15, 0.2) is 35.1 Å². The molecule has 20 heavy (non-hydrogen) atoms. The Morgan fingerprint density at radius 2 is 2.35 bits per heavy atom. The van der Waals surface area contributed by atoms with Gasteiger partial charge in [-0.25, -0.2) is 4.68 Å². The largest absolute Gasteiger partial charge is 0.324 e. The fraction of sp³-hybridized carbons (Fsp3) is 0.286. The van der Waals surface area contributed by atoms with Crippen molar-refractivity contribution >= 4 is 27.5 Å². The third kappa shape index (κ3) is 2.25. The number of nitrogens with zero attached hydrogens (tertiary/aromatic N) is 2. The number of anilines is 1. The Morgan fingerprint density at radius 3 is 3.05 bits per heavy atom. The van der Waals surface area contributed by atoms with Crippen LogP contribution in [-0.4, -0.2) is 22.2 Å². The van der Waals surface area contributed by atoms with Gasteiger partial charge in [0, 0.05) is 28.1 Å². The van der Waals surface area contributed by atoms with Gasteiger partial charge in [-0.1, -0.05) is 6.92 Å². The maximum absolute atomic E-state index is 12.0. The molecule has 0 saturated carbocycles. The molecule has 3 rings (SSSR count). The number of benzene rings is 1. The number of amides is 1. The summed E-state index contributed by atoms with van der Waals surface area (Å²) in [5, 5.41) is 10.4. The quantitative estimate of drug-likeness (QED) is 0.903. The lowest BCUT2D eigenvalue weighted by molar-refractivity contribution is -0.117. The van der Waals surface area contributed by atoms with Gasteiger partial charge in [0.05, 0.1) is 5.69 Å². The standard InChI is InChI=1S/C14H15BrN4O/c1-2-4-16-13-9-7-10(15)12(19-6-3-5-17-19)8-11(9)18-14(13)20/h3,5-8,13,16H,2,4H2,1H3,(H,18,20). The molecule has 1 aromatic carbocycles. The topological polar surface area (TPSA) is 59.0 Å². The van der Waals surface area contributed by atoms with Gasteiger partial charge in [0.1, 0.15) is 6.04 Å². The number of carbonyl (C=O) groups excluding carboxylic acids is 1. The van der Waals surface area contributed by atoms with E-state index in [1.807, 2.05) is 24.4 Å². The van der Waals surface area contributed by atoms with E-state index in [0.717, 1.165) is 34.4 Å². The van der Waals surface area contributed by atoms with Crippen molar-refractivity contribution in [3.05, 3.63) is 40.6 Å². The number of carbonyl (C=O) groups is 1. The second kappa shape index (κ2) is 5.38. The van der Waals surface area contributed by atoms with Crippen LogP contribution in [-0.2, 0) is 4.79 Å². The molecule has 0 fully saturated rings. The lowest BCUT2D eigenvalue weighted by Crippen LogP contribution is -2.28. The van der Waals surface area contributed by atoms with Crippen LogP contribution in [0.1, 0.15) is 24.9 Å². The SMILES string of the molecule is CCCNC1C(=O)Nc2cc(-n3cccn3)c(Br)cc21. The third-order valence-corrected chi connectivity index (χ3v) is 3.93. The highest BCUT2D eigenvalue weighted by atomic mass is 79.9. The molecule has 0 radical (unpaired) electrons. The molecule has 2 heterocycles. The minimum Gasteiger partial charge on any atom is -0.324 e. The van der Waals surface area contributed by atoms with Gasteiger partial charge in [-0.15, -0.1) is 0 Å². The van der Waals surface area contributed by atoms with Crippen molar-refractivity contribution in [3.63, 3.8) is 0 Å². The Balaban J connectivity index is 1.99. The van der Waals surface area contributed by atoms with E-state index in [9.17, 15) is 4.79 Å². The average molecular weight is 335 g/mol. The lowest BCUT2D eigenvalue weighted by Gasteiger charge is -2.12. The van der Waals surface area contributed by atoms with E-state index in [-0.39, 0.29) is 11.9 Å². The number of rotatable bonds is 4. The Bertz CT molecular complexity index is 639. The minimum absolute atomic E-state index is 0.00188. The maximum atomic E-state index is 12.0. The first kappa shape index (κ1) is 13.3. The Hall–Kier alpha value is -1.66. The zero-order valence-electron chi connectivity index (χ0n) is 11.1. The fourth-order valence-corrected chi connectivity index (χ4v) is 2.89. The van der Waals surface area contributed by atoms with Crippen molar-refractivity contribution in [3.8, 4) is 5.69 Å². The molecule has 1 amide bonds. The predicted octanol–water partition coefficient (Wildman–Crippen LogP) is 2.63. The number of aromatic nitrogens is 2. The average Bonchev–Trinajstić information content (AvgIpc) is 3.04. The van der Waals surface area contributed by atoms with Crippen molar-refractivity contribution in [1.82, 2.24) is 15.1 Å². The summed E-state index contributed by atoms with van der Waals surface area (Å²) < 4.78 is 2.68. The van der Waals surface area contributed by atoms with Gasteiger partial charge >= 0.3 is 0 Å². The normalized spacial score (nSPS) is 17.1. The summed E-state index contributed by atoms with van der Waals surface area (Å²) in [7, 11) is 0. The highest BCUT2D eigenvalue weighted by Crippen LogP contribution is 2.36. The molecule has 1 unspecified atom stereocenters. The number of fused-ring (bicyclic) bond motifs is 1. The van der Waals surface area contributed by atoms with E-state index in [2.05, 4.69) is 38.6 Å². The Morgan fingerprint density at radius 1 is 1.50 bits per heavy atom. The molecule has 1 aliphatic heterocycles. The van der Waals surface area contributed by atoms with Crippen LogP contribution in [0.5, 0.6) is 0 Å². The van der Waals surface area contributed by atoms with Gasteiger partial charge in [0.15, 0.2) is 0 Å². The van der Waals surface area contributed by atoms with Crippen molar-refractivity contribution in [2.24, 2.45) is 0 Å². The number of hydrogen-bond acceptors (Lipinski definition) is 3. The van der Waals surface area contributed by atoms with Crippen molar-refractivity contribution < 1.29 is 4.79 Å². The Labute approximate surface area is 125 Å². The van der Waals surface area contributed by atoms with Gasteiger partial charge in [0.2, 0.25) is 5.91 Å². The number of halogens is 1. The molecule has 0 spiro atoms. The second-order valence-corrected chi connectivity index (χ2v) is 5.57. The van der Waals surface area contributed by atoms with Crippen LogP contribution in [0, 0.1) is 0 Å². The second-order valence-electron chi connectivity index (χ2n) is 4.72. The van der Waals surface area contributed by atoms with Gasteiger partial charge in [-0.2, -0.15) is 5.10 Å². The number of hydrogen-bond donors (Lipinski definition) is 2. The van der Waals surface area contributed by atoms with E-state index in [4.69, 9.17) is 0 Å². The molecule has 0 saturated heterocycles. The zero-order chi connectivity index (χ0) is 14.1. The van der Waals surface area contributed by atoms with Crippen LogP contribution < -0.4 is 10.6 Å². The summed E-state index contributed by atoms with van der Waals surface area (Å²) >= 11 is 3.56. The summed E-state index contributed by atoms with van der Waals surface area (Å²) in [6, 6.07) is 5.52. The lowest BCUT2D eigenvalue weighted by atomic mass is 10.1. The monoisotopic (exact) mass is 334 g/mol. The summed E-state index contributed by atoms with van der Waals surface area (Å²) in [4.78, 5) is 12.0. The molecule has 1 atom stereocenters. The fourth-order valence-electron chi connectivity index (χ4n) is 2.35. The van der Waals surface area contributed by atoms with Crippen LogP contribution in [0.25, 0.3) is 5.69 Å². The summed E-state index contributed by atoms with van der Waals surface area (Å²) in [5.74, 6) is -0.00188. The van der Waals surface area contributed by atoms with Crippen LogP contribution in [0.2, 0.25) is 0 Å². The molecule has 1 aliphatic rings. The van der Waals surface area contributed by atoms with Gasteiger partial charge in [-0.05, 0) is 47.1 Å². The van der Waals surface area contributed by atoms with E-state index in [1.54, 1.807) is 10.9 Å². The van der Waals surface area contributed by atoms with E-state index in [0.29, 0.717) is 0 Å². The summed E-state index contributed by atoms with van der Waals surface area (Å²) in [6.45, 7) is 2.90. The van der Waals surface area contributed by atoms with Crippen molar-refractivity contribution in [2.45, 2.75) is 19.4 Å². The van der Waals surface area contributed by atoms with Gasteiger partial charge < -0.3 is 10.6 Å². The van der Waals surface area contributed by atoms with Gasteiger partial charge in [0.25, 0.3) is 0 Å². The van der Waals surface area contributed by atoms with Crippen LogP contribution in [0.4, 0.5) is 5.69 Å². The molecule has 2 aromatic rings. The zero-order valence-corrected chi connectivity index (χ0v) is 12.6. The molecule has 2 N–H and O–H groups in total. The molecule has 104 valence electrons. The first-order valence-electron chi connectivity index (χ1n) is 6.58. The van der Waals surface area contributed by atoms with E-state index >= 15 is 0 Å².